The Balaban J connectivity index is 1.42. The molecule has 11 nitrogen and oxygen atoms in total. The maximum atomic E-state index is 13.3. The van der Waals surface area contributed by atoms with Crippen molar-refractivity contribution in [2.24, 2.45) is 11.5 Å². The van der Waals surface area contributed by atoms with Gasteiger partial charge in [-0.2, -0.15) is 4.80 Å². The second-order valence-electron chi connectivity index (χ2n) is 8.61. The predicted octanol–water partition coefficient (Wildman–Crippen LogP) is 0.376. The maximum absolute atomic E-state index is 13.3. The van der Waals surface area contributed by atoms with E-state index in [0.717, 1.165) is 11.1 Å². The Hall–Kier alpha value is -4.12. The van der Waals surface area contributed by atoms with Gasteiger partial charge in [-0.05, 0) is 29.2 Å². The van der Waals surface area contributed by atoms with Crippen molar-refractivity contribution >= 4 is 17.6 Å². The fraction of sp³-hybridized carbons (Fsp3) is 0.333. The number of nitrogen functional groups attached to an aromatic ring is 1. The van der Waals surface area contributed by atoms with E-state index in [1.54, 1.807) is 24.3 Å². The molecule has 1 aliphatic heterocycles. The van der Waals surface area contributed by atoms with Crippen LogP contribution in [0.3, 0.4) is 0 Å². The largest absolute Gasteiger partial charge is 0.384 e. The van der Waals surface area contributed by atoms with Crippen LogP contribution in [0.5, 0.6) is 0 Å². The summed E-state index contributed by atoms with van der Waals surface area (Å²) < 4.78 is 0. The minimum atomic E-state index is -0.730. The van der Waals surface area contributed by atoms with Crippen molar-refractivity contribution in [1.82, 2.24) is 30.4 Å². The molecule has 3 atom stereocenters. The molecule has 11 heteroatoms. The van der Waals surface area contributed by atoms with E-state index < -0.39 is 12.1 Å². The van der Waals surface area contributed by atoms with Crippen molar-refractivity contribution < 1.29 is 9.59 Å². The molecular weight excluding hydrogens is 446 g/mol. The van der Waals surface area contributed by atoms with Crippen LogP contribution in [-0.4, -0.2) is 61.4 Å². The minimum absolute atomic E-state index is 0.0166. The van der Waals surface area contributed by atoms with Crippen molar-refractivity contribution in [3.63, 3.8) is 0 Å². The van der Waals surface area contributed by atoms with Gasteiger partial charge in [0.15, 0.2) is 6.33 Å². The summed E-state index contributed by atoms with van der Waals surface area (Å²) in [6.07, 6.45) is 2.84. The number of amides is 2. The molecule has 35 heavy (non-hydrogen) atoms. The van der Waals surface area contributed by atoms with Gasteiger partial charge in [0.2, 0.25) is 11.8 Å². The molecule has 2 heterocycles. The molecule has 2 amide bonds. The Kier molecular flexibility index (Phi) is 7.46. The molecule has 0 radical (unpaired) electrons. The highest BCUT2D eigenvalue weighted by molar-refractivity contribution is 5.95. The van der Waals surface area contributed by atoms with Crippen LogP contribution >= 0.6 is 0 Å². The molecule has 0 bridgehead atoms. The zero-order valence-electron chi connectivity index (χ0n) is 19.2. The molecular formula is C24H29N9O2. The van der Waals surface area contributed by atoms with Gasteiger partial charge in [-0.15, -0.1) is 10.2 Å². The van der Waals surface area contributed by atoms with Gasteiger partial charge >= 0.3 is 0 Å². The number of nitrogens with two attached hydrogens (primary N) is 2. The normalized spacial score (nSPS) is 18.3. The first-order valence-corrected chi connectivity index (χ1v) is 11.5. The highest BCUT2D eigenvalue weighted by Crippen LogP contribution is 2.27. The van der Waals surface area contributed by atoms with Crippen molar-refractivity contribution in [2.75, 3.05) is 6.54 Å². The lowest BCUT2D eigenvalue weighted by Gasteiger charge is -2.26. The lowest BCUT2D eigenvalue weighted by Crippen LogP contribution is -2.51. The van der Waals surface area contributed by atoms with Gasteiger partial charge in [-0.25, -0.2) is 0 Å². The third-order valence-corrected chi connectivity index (χ3v) is 6.19. The van der Waals surface area contributed by atoms with Crippen molar-refractivity contribution in [3.8, 4) is 0 Å². The molecule has 0 saturated carbocycles. The van der Waals surface area contributed by atoms with Crippen LogP contribution in [0.15, 0.2) is 60.9 Å². The van der Waals surface area contributed by atoms with E-state index in [9.17, 15) is 9.59 Å². The van der Waals surface area contributed by atoms with Crippen molar-refractivity contribution in [2.45, 2.75) is 43.9 Å². The number of aryl methyl sites for hydroxylation is 1. The van der Waals surface area contributed by atoms with Crippen LogP contribution in [0.4, 0.5) is 0 Å². The van der Waals surface area contributed by atoms with Crippen molar-refractivity contribution in [3.05, 3.63) is 77.6 Å². The molecule has 1 aromatic heterocycles. The molecule has 0 spiro atoms. The average molecular weight is 476 g/mol. The maximum Gasteiger partial charge on any atom is 0.243 e. The summed E-state index contributed by atoms with van der Waals surface area (Å²) in [5.74, 6) is -0.557. The van der Waals surface area contributed by atoms with E-state index in [2.05, 4.69) is 20.7 Å². The zero-order valence-corrected chi connectivity index (χ0v) is 19.2. The van der Waals surface area contributed by atoms with Gasteiger partial charge in [0.05, 0.1) is 12.1 Å². The fourth-order valence-corrected chi connectivity index (χ4v) is 4.23. The van der Waals surface area contributed by atoms with E-state index in [-0.39, 0.29) is 36.8 Å². The Morgan fingerprint density at radius 1 is 1.11 bits per heavy atom. The van der Waals surface area contributed by atoms with Crippen LogP contribution in [0.25, 0.3) is 0 Å². The summed E-state index contributed by atoms with van der Waals surface area (Å²) in [5, 5.41) is 22.2. The second-order valence-corrected chi connectivity index (χ2v) is 8.61. The number of carbonyl (C=O) groups excluding carboxylic acids is 2. The summed E-state index contributed by atoms with van der Waals surface area (Å²) >= 11 is 0. The second kappa shape index (κ2) is 10.9. The number of nitrogens with one attached hydrogen (secondary N) is 2. The highest BCUT2D eigenvalue weighted by atomic mass is 16.2. The topological polar surface area (TPSA) is 169 Å². The molecule has 1 aliphatic rings. The van der Waals surface area contributed by atoms with E-state index in [1.807, 2.05) is 30.3 Å². The molecule has 3 aromatic rings. The van der Waals surface area contributed by atoms with Crippen LogP contribution in [0, 0.1) is 5.41 Å². The summed E-state index contributed by atoms with van der Waals surface area (Å²) in [6, 6.07) is 15.2. The van der Waals surface area contributed by atoms with Gasteiger partial charge in [-0.3, -0.25) is 15.0 Å². The van der Waals surface area contributed by atoms with E-state index in [1.165, 1.54) is 16.0 Å². The van der Waals surface area contributed by atoms with Gasteiger partial charge < -0.3 is 21.7 Å². The summed E-state index contributed by atoms with van der Waals surface area (Å²) in [6.45, 7) is 0.557. The Morgan fingerprint density at radius 2 is 1.86 bits per heavy atom. The van der Waals surface area contributed by atoms with Gasteiger partial charge in [-0.1, -0.05) is 54.6 Å². The molecule has 2 aromatic carbocycles. The van der Waals surface area contributed by atoms with E-state index >= 15 is 0 Å². The number of amidine groups is 1. The first-order chi connectivity index (χ1) is 16.9. The lowest BCUT2D eigenvalue weighted by molar-refractivity contribution is -0.139. The number of tetrazole rings is 1. The Labute approximate surface area is 203 Å². The highest BCUT2D eigenvalue weighted by Gasteiger charge is 2.42. The van der Waals surface area contributed by atoms with E-state index in [4.69, 9.17) is 16.9 Å². The average Bonchev–Trinajstić information content (AvgIpc) is 3.57. The number of likely N-dealkylation sites (tertiary alicyclic amines) is 1. The molecule has 1 saturated heterocycles. The molecule has 0 aliphatic carbocycles. The SMILES string of the molecule is N=C(N)c1ccc(CNC(=O)[C@@H]2C[C@H](n3ncnn3)CN2C(=O)[C@H](N)CCc2ccccc2)cc1. The zero-order chi connectivity index (χ0) is 24.8. The van der Waals surface area contributed by atoms with Crippen LogP contribution in [0.2, 0.25) is 0 Å². The van der Waals surface area contributed by atoms with Crippen molar-refractivity contribution in [1.29, 1.82) is 5.41 Å². The quantitative estimate of drug-likeness (QED) is 0.256. The predicted molar refractivity (Wildman–Crippen MR) is 129 cm³/mol. The first kappa shape index (κ1) is 24.0. The number of rotatable bonds is 9. The Morgan fingerprint density at radius 3 is 2.51 bits per heavy atom. The van der Waals surface area contributed by atoms with Gasteiger partial charge in [0.1, 0.15) is 11.9 Å². The molecule has 6 N–H and O–H groups in total. The van der Waals surface area contributed by atoms with Crippen LogP contribution < -0.4 is 16.8 Å². The summed E-state index contributed by atoms with van der Waals surface area (Å²) in [4.78, 5) is 29.4. The van der Waals surface area contributed by atoms with Crippen LogP contribution in [-0.2, 0) is 22.6 Å². The number of aromatic nitrogens is 4. The number of hydrogen-bond donors (Lipinski definition) is 4. The number of nitrogens with zero attached hydrogens (tertiary/aromatic N) is 5. The van der Waals surface area contributed by atoms with Gasteiger partial charge in [0.25, 0.3) is 0 Å². The third-order valence-electron chi connectivity index (χ3n) is 6.19. The lowest BCUT2D eigenvalue weighted by atomic mass is 10.0. The third kappa shape index (κ3) is 5.87. The molecule has 4 rings (SSSR count). The number of benzene rings is 2. The standard InChI is InChI=1S/C24H29N9O2/c25-20(11-8-16-4-2-1-3-5-16)24(35)32-14-19(33-30-15-29-31-33)12-21(32)23(34)28-13-17-6-9-18(10-7-17)22(26)27/h1-7,9-10,15,19-21H,8,11-14,25H2,(H3,26,27)(H,28,34)/t19-,20+,21-/m0/s1. The number of hydrogen-bond acceptors (Lipinski definition) is 7. The molecule has 0 unspecified atom stereocenters. The minimum Gasteiger partial charge on any atom is -0.384 e. The smallest absolute Gasteiger partial charge is 0.243 e. The summed E-state index contributed by atoms with van der Waals surface area (Å²) in [7, 11) is 0. The van der Waals surface area contributed by atoms with Crippen LogP contribution in [0.1, 0.15) is 35.6 Å². The van der Waals surface area contributed by atoms with Gasteiger partial charge in [0, 0.05) is 25.1 Å². The summed E-state index contributed by atoms with van der Waals surface area (Å²) in [5.41, 5.74) is 14.3. The van der Waals surface area contributed by atoms with E-state index in [0.29, 0.717) is 24.8 Å². The first-order valence-electron chi connectivity index (χ1n) is 11.5. The Bertz CT molecular complexity index is 1150. The monoisotopic (exact) mass is 475 g/mol. The fourth-order valence-electron chi connectivity index (χ4n) is 4.23. The molecule has 1 fully saturated rings. The molecule has 182 valence electrons. The number of carbonyl (C=O) groups is 2.